The largest absolute Gasteiger partial charge is 0.493 e. The van der Waals surface area contributed by atoms with Gasteiger partial charge in [-0.15, -0.1) is 0 Å². The van der Waals surface area contributed by atoms with Crippen LogP contribution < -0.4 is 15.4 Å². The fraction of sp³-hybridized carbons (Fsp3) is 0.579. The molecule has 1 aromatic carbocycles. The van der Waals surface area contributed by atoms with Crippen LogP contribution >= 0.6 is 0 Å². The van der Waals surface area contributed by atoms with Crippen molar-refractivity contribution < 1.29 is 14.3 Å². The molecule has 0 saturated heterocycles. The highest BCUT2D eigenvalue weighted by atomic mass is 16.5. The number of anilines is 1. The monoisotopic (exact) mass is 364 g/mol. The van der Waals surface area contributed by atoms with Crippen molar-refractivity contribution in [2.75, 3.05) is 52.8 Å². The van der Waals surface area contributed by atoms with Crippen molar-refractivity contribution in [2.45, 2.75) is 26.2 Å². The Hall–Kier alpha value is -2.28. The molecular formula is C19H32N4O3. The predicted molar refractivity (Wildman–Crippen MR) is 106 cm³/mol. The Kier molecular flexibility index (Phi) is 10.9. The Balaban J connectivity index is 2.69. The number of unbranched alkanes of at least 4 members (excludes halogenated alkanes) is 1. The van der Waals surface area contributed by atoms with Gasteiger partial charge in [-0.2, -0.15) is 0 Å². The van der Waals surface area contributed by atoms with Crippen LogP contribution in [0, 0.1) is 0 Å². The Labute approximate surface area is 156 Å². The molecule has 2 N–H and O–H groups in total. The van der Waals surface area contributed by atoms with E-state index >= 15 is 0 Å². The summed E-state index contributed by atoms with van der Waals surface area (Å²) in [5.74, 6) is 1.32. The van der Waals surface area contributed by atoms with Gasteiger partial charge in [0, 0.05) is 52.5 Å². The summed E-state index contributed by atoms with van der Waals surface area (Å²) in [7, 11) is 5.12. The SMILES string of the molecule is CCCCNC(=NCC(=O)N(C)C)Nc1cccc(OCCCOC)c1. The second kappa shape index (κ2) is 13.0. The molecule has 0 aliphatic rings. The van der Waals surface area contributed by atoms with Crippen molar-refractivity contribution in [1.29, 1.82) is 0 Å². The lowest BCUT2D eigenvalue weighted by Gasteiger charge is -2.14. The maximum Gasteiger partial charge on any atom is 0.243 e. The van der Waals surface area contributed by atoms with Crippen LogP contribution in [0.4, 0.5) is 5.69 Å². The van der Waals surface area contributed by atoms with E-state index in [9.17, 15) is 4.79 Å². The number of carbonyl (C=O) groups is 1. The Morgan fingerprint density at radius 1 is 1.23 bits per heavy atom. The van der Waals surface area contributed by atoms with Gasteiger partial charge in [0.25, 0.3) is 0 Å². The third-order valence-electron chi connectivity index (χ3n) is 3.55. The lowest BCUT2D eigenvalue weighted by Crippen LogP contribution is -2.33. The highest BCUT2D eigenvalue weighted by Crippen LogP contribution is 2.17. The van der Waals surface area contributed by atoms with Gasteiger partial charge in [-0.25, -0.2) is 4.99 Å². The lowest BCUT2D eigenvalue weighted by molar-refractivity contribution is -0.127. The highest BCUT2D eigenvalue weighted by Gasteiger charge is 2.06. The van der Waals surface area contributed by atoms with Gasteiger partial charge < -0.3 is 25.0 Å². The molecule has 0 aliphatic heterocycles. The van der Waals surface area contributed by atoms with E-state index in [2.05, 4.69) is 22.5 Å². The normalized spacial score (nSPS) is 11.2. The molecule has 0 bridgehead atoms. The number of likely N-dealkylation sites (N-methyl/N-ethyl adjacent to an activating group) is 1. The predicted octanol–water partition coefficient (Wildman–Crippen LogP) is 2.35. The fourth-order valence-corrected chi connectivity index (χ4v) is 2.00. The van der Waals surface area contributed by atoms with Crippen LogP contribution in [0.3, 0.4) is 0 Å². The van der Waals surface area contributed by atoms with E-state index in [0.717, 1.165) is 37.2 Å². The first-order valence-electron chi connectivity index (χ1n) is 9.04. The third-order valence-corrected chi connectivity index (χ3v) is 3.55. The molecular weight excluding hydrogens is 332 g/mol. The second-order valence-electron chi connectivity index (χ2n) is 6.08. The van der Waals surface area contributed by atoms with E-state index in [0.29, 0.717) is 19.2 Å². The second-order valence-corrected chi connectivity index (χ2v) is 6.08. The van der Waals surface area contributed by atoms with Gasteiger partial charge in [0.15, 0.2) is 5.96 Å². The number of guanidine groups is 1. The number of hydrogen-bond acceptors (Lipinski definition) is 4. The van der Waals surface area contributed by atoms with Gasteiger partial charge >= 0.3 is 0 Å². The molecule has 1 rings (SSSR count). The van der Waals surface area contributed by atoms with Crippen LogP contribution in [0.25, 0.3) is 0 Å². The molecule has 0 aliphatic carbocycles. The fourth-order valence-electron chi connectivity index (χ4n) is 2.00. The molecule has 0 heterocycles. The minimum absolute atomic E-state index is 0.0446. The summed E-state index contributed by atoms with van der Waals surface area (Å²) in [6.45, 7) is 4.31. The molecule has 0 atom stereocenters. The number of amides is 1. The summed E-state index contributed by atoms with van der Waals surface area (Å²) < 4.78 is 10.7. The summed E-state index contributed by atoms with van der Waals surface area (Å²) in [5, 5.41) is 6.49. The molecule has 7 heteroatoms. The molecule has 1 aromatic rings. The summed E-state index contributed by atoms with van der Waals surface area (Å²) in [6, 6.07) is 7.68. The zero-order chi connectivity index (χ0) is 19.2. The van der Waals surface area contributed by atoms with Crippen molar-refractivity contribution in [1.82, 2.24) is 10.2 Å². The number of ether oxygens (including phenoxy) is 2. The van der Waals surface area contributed by atoms with E-state index in [1.807, 2.05) is 24.3 Å². The maximum atomic E-state index is 11.8. The number of aliphatic imine (C=N–C) groups is 1. The van der Waals surface area contributed by atoms with Crippen molar-refractivity contribution >= 4 is 17.6 Å². The van der Waals surface area contributed by atoms with E-state index in [4.69, 9.17) is 9.47 Å². The number of nitrogens with one attached hydrogen (secondary N) is 2. The number of benzene rings is 1. The van der Waals surface area contributed by atoms with Crippen LogP contribution in [0.2, 0.25) is 0 Å². The number of carbonyl (C=O) groups excluding carboxylic acids is 1. The smallest absolute Gasteiger partial charge is 0.243 e. The summed E-state index contributed by atoms with van der Waals surface area (Å²) in [4.78, 5) is 17.7. The molecule has 0 unspecified atom stereocenters. The quantitative estimate of drug-likeness (QED) is 0.358. The zero-order valence-electron chi connectivity index (χ0n) is 16.4. The molecule has 7 nitrogen and oxygen atoms in total. The molecule has 1 amide bonds. The molecule has 0 fully saturated rings. The average Bonchev–Trinajstić information content (AvgIpc) is 2.63. The van der Waals surface area contributed by atoms with E-state index in [1.165, 1.54) is 4.90 Å². The number of rotatable bonds is 11. The molecule has 146 valence electrons. The standard InChI is InChI=1S/C19H32N4O3/c1-5-6-11-20-19(21-15-18(24)23(2)3)22-16-9-7-10-17(14-16)26-13-8-12-25-4/h7,9-10,14H,5-6,8,11-13,15H2,1-4H3,(H2,20,21,22). The first-order chi connectivity index (χ1) is 12.6. The Morgan fingerprint density at radius 2 is 2.04 bits per heavy atom. The van der Waals surface area contributed by atoms with E-state index in [-0.39, 0.29) is 12.5 Å². The number of nitrogens with zero attached hydrogens (tertiary/aromatic N) is 2. The van der Waals surface area contributed by atoms with Crippen molar-refractivity contribution in [3.05, 3.63) is 24.3 Å². The van der Waals surface area contributed by atoms with E-state index in [1.54, 1.807) is 21.2 Å². The van der Waals surface area contributed by atoms with Crippen molar-refractivity contribution in [3.63, 3.8) is 0 Å². The van der Waals surface area contributed by atoms with Crippen molar-refractivity contribution in [2.24, 2.45) is 4.99 Å². The van der Waals surface area contributed by atoms with Gasteiger partial charge in [0.05, 0.1) is 6.61 Å². The van der Waals surface area contributed by atoms with Crippen molar-refractivity contribution in [3.8, 4) is 5.75 Å². The van der Waals surface area contributed by atoms with Crippen LogP contribution in [-0.4, -0.2) is 64.3 Å². The van der Waals surface area contributed by atoms with Gasteiger partial charge in [0.1, 0.15) is 12.3 Å². The maximum absolute atomic E-state index is 11.8. The van der Waals surface area contributed by atoms with Crippen LogP contribution in [0.5, 0.6) is 5.75 Å². The first-order valence-corrected chi connectivity index (χ1v) is 9.04. The summed E-state index contributed by atoms with van der Waals surface area (Å²) in [5.41, 5.74) is 0.856. The van der Waals surface area contributed by atoms with Gasteiger partial charge in [0.2, 0.25) is 5.91 Å². The number of methoxy groups -OCH3 is 1. The van der Waals surface area contributed by atoms with Gasteiger partial charge in [-0.1, -0.05) is 19.4 Å². The minimum Gasteiger partial charge on any atom is -0.493 e. The molecule has 0 saturated carbocycles. The Morgan fingerprint density at radius 3 is 2.73 bits per heavy atom. The molecule has 26 heavy (non-hydrogen) atoms. The van der Waals surface area contributed by atoms with Gasteiger partial charge in [-0.05, 0) is 18.6 Å². The zero-order valence-corrected chi connectivity index (χ0v) is 16.4. The summed E-state index contributed by atoms with van der Waals surface area (Å²) >= 11 is 0. The molecule has 0 aromatic heterocycles. The van der Waals surface area contributed by atoms with E-state index < -0.39 is 0 Å². The molecule has 0 spiro atoms. The summed E-state index contributed by atoms with van der Waals surface area (Å²) in [6.07, 6.45) is 2.96. The average molecular weight is 364 g/mol. The number of hydrogen-bond donors (Lipinski definition) is 2. The third kappa shape index (κ3) is 9.27. The van der Waals surface area contributed by atoms with Gasteiger partial charge in [-0.3, -0.25) is 4.79 Å². The topological polar surface area (TPSA) is 75.2 Å². The van der Waals surface area contributed by atoms with Crippen LogP contribution in [-0.2, 0) is 9.53 Å². The van der Waals surface area contributed by atoms with Crippen LogP contribution in [0.1, 0.15) is 26.2 Å². The lowest BCUT2D eigenvalue weighted by atomic mass is 10.3. The first kappa shape index (κ1) is 21.8. The van der Waals surface area contributed by atoms with Crippen LogP contribution in [0.15, 0.2) is 29.3 Å². The highest BCUT2D eigenvalue weighted by molar-refractivity contribution is 5.95. The Bertz CT molecular complexity index is 561. The molecule has 0 radical (unpaired) electrons. The minimum atomic E-state index is -0.0446.